The van der Waals surface area contributed by atoms with Gasteiger partial charge in [0.2, 0.25) is 0 Å². The third-order valence-corrected chi connectivity index (χ3v) is 6.70. The third-order valence-electron chi connectivity index (χ3n) is 4.93. The molecule has 2 N–H and O–H groups in total. The highest BCUT2D eigenvalue weighted by molar-refractivity contribution is 7.96. The first kappa shape index (κ1) is 22.9. The first-order chi connectivity index (χ1) is 15.6. The van der Waals surface area contributed by atoms with Gasteiger partial charge in [-0.25, -0.2) is 27.2 Å². The van der Waals surface area contributed by atoms with Crippen LogP contribution in [0, 0.1) is 6.92 Å². The molecule has 33 heavy (non-hydrogen) atoms. The van der Waals surface area contributed by atoms with Crippen molar-refractivity contribution in [2.24, 2.45) is 15.2 Å². The second kappa shape index (κ2) is 8.91. The molecule has 8 nitrogen and oxygen atoms in total. The van der Waals surface area contributed by atoms with Gasteiger partial charge in [0.1, 0.15) is 12.0 Å². The lowest BCUT2D eigenvalue weighted by Gasteiger charge is -2.19. The van der Waals surface area contributed by atoms with Gasteiger partial charge in [0.05, 0.1) is 22.5 Å². The molecular formula is C21H18ClF2N6O2S+. The number of aliphatic imine (C=N–C) groups is 1. The van der Waals surface area contributed by atoms with E-state index in [1.54, 1.807) is 38.3 Å². The number of nitrogens with zero attached hydrogens (tertiary/aromatic N) is 4. The van der Waals surface area contributed by atoms with E-state index in [1.807, 2.05) is 0 Å². The number of H-pyrrole nitrogens is 1. The fourth-order valence-electron chi connectivity index (χ4n) is 3.29. The second-order valence-corrected chi connectivity index (χ2v) is 9.38. The lowest BCUT2D eigenvalue weighted by atomic mass is 10.0. The quantitative estimate of drug-likeness (QED) is 0.584. The van der Waals surface area contributed by atoms with Crippen LogP contribution in [0.1, 0.15) is 18.9 Å². The summed E-state index contributed by atoms with van der Waals surface area (Å²) in [6, 6.07) is 3.49. The molecule has 2 aliphatic rings. The standard InChI is InChI=1S/C21H17ClF2N6O2S/c1-11-7-19(29-28-11)27-18-8-13(5-6-25-18)15-10-26-21(22)20(12(15)2)30-33(31,32)17-4-3-14(23)9-16(17)24/h3-8,10,16,30H,9H2,1-2H3/p+1. The van der Waals surface area contributed by atoms with Gasteiger partial charge < -0.3 is 0 Å². The molecule has 0 aromatic carbocycles. The van der Waals surface area contributed by atoms with Crippen LogP contribution < -0.4 is 9.71 Å². The van der Waals surface area contributed by atoms with Crippen LogP contribution in [0.4, 0.5) is 20.3 Å². The van der Waals surface area contributed by atoms with E-state index in [0.29, 0.717) is 28.3 Å². The average molecular weight is 492 g/mol. The number of hydrogen-bond acceptors (Lipinski definition) is 5. The summed E-state index contributed by atoms with van der Waals surface area (Å²) in [6.45, 7) is 3.46. The van der Waals surface area contributed by atoms with E-state index in [-0.39, 0.29) is 10.8 Å². The summed E-state index contributed by atoms with van der Waals surface area (Å²) in [4.78, 5) is 10.9. The second-order valence-electron chi connectivity index (χ2n) is 7.34. The zero-order chi connectivity index (χ0) is 23.8. The van der Waals surface area contributed by atoms with Crippen molar-refractivity contribution in [3.8, 4) is 11.1 Å². The van der Waals surface area contributed by atoms with Crippen LogP contribution in [-0.4, -0.2) is 25.4 Å². The fourth-order valence-corrected chi connectivity index (χ4v) is 4.89. The maximum Gasteiger partial charge on any atom is 0.324 e. The van der Waals surface area contributed by atoms with Crippen LogP contribution in [-0.2, 0) is 10.0 Å². The molecule has 2 aromatic rings. The van der Waals surface area contributed by atoms with Crippen molar-refractivity contribution in [3.63, 3.8) is 0 Å². The van der Waals surface area contributed by atoms with Gasteiger partial charge in [0.25, 0.3) is 15.9 Å². The number of aromatic amines is 1. The molecule has 0 saturated heterocycles. The molecule has 0 radical (unpaired) electrons. The summed E-state index contributed by atoms with van der Waals surface area (Å²) in [5.41, 5.74) is 2.46. The number of halogens is 3. The number of rotatable bonds is 5. The summed E-state index contributed by atoms with van der Waals surface area (Å²) in [6.07, 6.45) is 4.08. The fraction of sp³-hybridized carbons (Fsp3) is 0.190. The first-order valence-corrected chi connectivity index (χ1v) is 11.6. The minimum Gasteiger partial charge on any atom is -0.276 e. The predicted octanol–water partition coefficient (Wildman–Crippen LogP) is 5.14. The Bertz CT molecular complexity index is 1400. The summed E-state index contributed by atoms with van der Waals surface area (Å²) in [5, 5.41) is 7.75. The molecule has 1 unspecified atom stereocenters. The Morgan fingerprint density at radius 1 is 1.27 bits per heavy atom. The number of allylic oxidation sites excluding steroid dienone is 5. The van der Waals surface area contributed by atoms with Crippen molar-refractivity contribution in [1.82, 2.24) is 4.98 Å². The van der Waals surface area contributed by atoms with Crippen LogP contribution in [0.2, 0.25) is 5.15 Å². The Morgan fingerprint density at radius 2 is 2.06 bits per heavy atom. The molecule has 1 aliphatic carbocycles. The Morgan fingerprint density at radius 3 is 2.76 bits per heavy atom. The average Bonchev–Trinajstić information content (AvgIpc) is 3.15. The van der Waals surface area contributed by atoms with Gasteiger partial charge in [0.15, 0.2) is 5.15 Å². The van der Waals surface area contributed by atoms with E-state index in [4.69, 9.17) is 11.6 Å². The van der Waals surface area contributed by atoms with E-state index < -0.39 is 33.3 Å². The molecule has 4 rings (SSSR count). The summed E-state index contributed by atoms with van der Waals surface area (Å²) < 4.78 is 55.4. The Hall–Kier alpha value is -3.31. The van der Waals surface area contributed by atoms with Crippen molar-refractivity contribution in [2.75, 3.05) is 4.72 Å². The molecule has 0 fully saturated rings. The number of anilines is 1. The molecule has 0 spiro atoms. The number of azo groups is 1. The van der Waals surface area contributed by atoms with E-state index in [1.165, 1.54) is 6.20 Å². The van der Waals surface area contributed by atoms with Gasteiger partial charge in [-0.1, -0.05) is 11.6 Å². The van der Waals surface area contributed by atoms with Gasteiger partial charge in [0, 0.05) is 30.3 Å². The van der Waals surface area contributed by atoms with E-state index in [2.05, 4.69) is 29.9 Å². The number of aromatic nitrogens is 2. The lowest BCUT2D eigenvalue weighted by molar-refractivity contribution is -0.362. The number of amidine groups is 1. The van der Waals surface area contributed by atoms with Gasteiger partial charge >= 0.3 is 5.82 Å². The van der Waals surface area contributed by atoms with Crippen molar-refractivity contribution >= 4 is 39.0 Å². The van der Waals surface area contributed by atoms with E-state index in [9.17, 15) is 17.2 Å². The number of pyridine rings is 2. The molecule has 1 aliphatic heterocycles. The van der Waals surface area contributed by atoms with Crippen molar-refractivity contribution in [1.29, 1.82) is 0 Å². The van der Waals surface area contributed by atoms with Gasteiger partial charge in [-0.05, 0) is 48.2 Å². The molecule has 170 valence electrons. The SMILES string of the molecule is CC1=CC(=Nc2cc(-c3cnc(Cl)c(NS(=O)(=O)C4=CC=C(F)CC4F)c3C)cc[nH+]2)N=N1. The molecule has 1 atom stereocenters. The minimum atomic E-state index is -4.34. The molecule has 2 aromatic heterocycles. The van der Waals surface area contributed by atoms with Crippen LogP contribution >= 0.6 is 11.6 Å². The van der Waals surface area contributed by atoms with Crippen LogP contribution in [0.15, 0.2) is 74.4 Å². The molecule has 0 saturated carbocycles. The Balaban J connectivity index is 1.70. The topological polar surface area (TPSA) is 110 Å². The summed E-state index contributed by atoms with van der Waals surface area (Å²) in [5.74, 6) is 0.196. The Kier molecular flexibility index (Phi) is 6.17. The van der Waals surface area contributed by atoms with Crippen molar-refractivity contribution in [2.45, 2.75) is 26.4 Å². The molecule has 3 heterocycles. The lowest BCUT2D eigenvalue weighted by Crippen LogP contribution is -2.24. The largest absolute Gasteiger partial charge is 0.324 e. The number of hydrogen-bond donors (Lipinski definition) is 1. The zero-order valence-electron chi connectivity index (χ0n) is 17.5. The van der Waals surface area contributed by atoms with Crippen LogP contribution in [0.3, 0.4) is 0 Å². The van der Waals surface area contributed by atoms with Crippen molar-refractivity contribution < 1.29 is 22.2 Å². The highest BCUT2D eigenvalue weighted by Gasteiger charge is 2.31. The summed E-state index contributed by atoms with van der Waals surface area (Å²) in [7, 11) is -4.34. The predicted molar refractivity (Wildman–Crippen MR) is 121 cm³/mol. The highest BCUT2D eigenvalue weighted by atomic mass is 35.5. The molecule has 12 heteroatoms. The Labute approximate surface area is 193 Å². The number of sulfonamides is 1. The normalized spacial score (nSPS) is 19.4. The molecule has 0 bridgehead atoms. The van der Waals surface area contributed by atoms with Gasteiger partial charge in [-0.2, -0.15) is 5.11 Å². The van der Waals surface area contributed by atoms with E-state index >= 15 is 0 Å². The van der Waals surface area contributed by atoms with Crippen LogP contribution in [0.25, 0.3) is 11.1 Å². The third kappa shape index (κ3) is 4.88. The van der Waals surface area contributed by atoms with Crippen LogP contribution in [0.5, 0.6) is 0 Å². The first-order valence-electron chi connectivity index (χ1n) is 9.73. The maximum absolute atomic E-state index is 14.2. The number of alkyl halides is 1. The highest BCUT2D eigenvalue weighted by Crippen LogP contribution is 2.35. The molecule has 0 amide bonds. The number of nitrogens with one attached hydrogen (secondary N) is 2. The smallest absolute Gasteiger partial charge is 0.276 e. The van der Waals surface area contributed by atoms with E-state index in [0.717, 1.165) is 17.8 Å². The van der Waals surface area contributed by atoms with Gasteiger partial charge in [-0.15, -0.1) is 5.11 Å². The van der Waals surface area contributed by atoms with Crippen molar-refractivity contribution in [3.05, 3.63) is 69.9 Å². The molecular weight excluding hydrogens is 474 g/mol. The monoisotopic (exact) mass is 491 g/mol. The minimum absolute atomic E-state index is 0.00105. The van der Waals surface area contributed by atoms with Gasteiger partial charge in [-0.3, -0.25) is 4.72 Å². The summed E-state index contributed by atoms with van der Waals surface area (Å²) >= 11 is 6.17. The zero-order valence-corrected chi connectivity index (χ0v) is 19.0. The maximum atomic E-state index is 14.2.